The van der Waals surface area contributed by atoms with Crippen LogP contribution in [0.15, 0.2) is 12.2 Å². The molecule has 4 atom stereocenters. The maximum Gasteiger partial charge on any atom is 0.249 e. The number of aliphatic hydroxyl groups excluding tert-OH is 4. The molecule has 0 aliphatic carbocycles. The van der Waals surface area contributed by atoms with Crippen LogP contribution in [-0.4, -0.2) is 57.3 Å². The molecule has 0 aromatic rings. The molecule has 0 aromatic carbocycles. The van der Waals surface area contributed by atoms with E-state index in [9.17, 15) is 25.2 Å². The zero-order valence-electron chi connectivity index (χ0n) is 51.1. The fourth-order valence-electron chi connectivity index (χ4n) is 11.3. The molecule has 0 aromatic heterocycles. The molecule has 0 bridgehead atoms. The first-order chi connectivity index (χ1) is 37.0. The Morgan fingerprint density at radius 1 is 0.320 bits per heavy atom. The van der Waals surface area contributed by atoms with E-state index in [1.807, 2.05) is 0 Å². The van der Waals surface area contributed by atoms with Gasteiger partial charge in [-0.3, -0.25) is 4.79 Å². The van der Waals surface area contributed by atoms with Gasteiger partial charge in [0, 0.05) is 0 Å². The molecule has 0 heterocycles. The van der Waals surface area contributed by atoms with Crippen molar-refractivity contribution in [2.24, 2.45) is 0 Å². The molecule has 1 amide bonds. The number of carbonyl (C=O) groups excluding carboxylic acids is 1. The number of rotatable bonds is 65. The van der Waals surface area contributed by atoms with Crippen molar-refractivity contribution in [3.63, 3.8) is 0 Å². The van der Waals surface area contributed by atoms with Crippen LogP contribution in [0, 0.1) is 0 Å². The second-order valence-corrected chi connectivity index (χ2v) is 24.2. The minimum atomic E-state index is -1.26. The van der Waals surface area contributed by atoms with E-state index in [1.54, 1.807) is 0 Å². The van der Waals surface area contributed by atoms with Crippen LogP contribution in [0.4, 0.5) is 0 Å². The van der Waals surface area contributed by atoms with E-state index < -0.39 is 36.9 Å². The molecule has 0 radical (unpaired) electrons. The average Bonchev–Trinajstić information content (AvgIpc) is 3.42. The van der Waals surface area contributed by atoms with Crippen LogP contribution < -0.4 is 5.32 Å². The lowest BCUT2D eigenvalue weighted by Crippen LogP contribution is -2.53. The van der Waals surface area contributed by atoms with E-state index in [2.05, 4.69) is 31.3 Å². The number of hydrogen-bond acceptors (Lipinski definition) is 5. The van der Waals surface area contributed by atoms with E-state index in [4.69, 9.17) is 0 Å². The standard InChI is InChI=1S/C69H137NO5/c1-3-5-7-9-11-13-15-17-19-21-23-25-27-29-31-33-35-36-38-40-42-44-46-48-50-52-54-56-58-60-62-66(72)68(74)65(64-71)70-69(75)67(73)63-61-59-57-55-53-51-49-47-45-43-41-39-37-34-32-30-28-26-24-22-20-18-16-14-12-10-8-6-4-2/h30,32,65-68,71-74H,3-29,31,33-64H2,1-2H3,(H,70,75)/b32-30-. The van der Waals surface area contributed by atoms with Gasteiger partial charge >= 0.3 is 0 Å². The summed E-state index contributed by atoms with van der Waals surface area (Å²) in [4.78, 5) is 12.7. The van der Waals surface area contributed by atoms with Crippen LogP contribution >= 0.6 is 0 Å². The van der Waals surface area contributed by atoms with E-state index in [0.29, 0.717) is 12.8 Å². The van der Waals surface area contributed by atoms with Gasteiger partial charge in [0.25, 0.3) is 0 Å². The van der Waals surface area contributed by atoms with Crippen molar-refractivity contribution in [2.75, 3.05) is 6.61 Å². The first-order valence-electron chi connectivity index (χ1n) is 34.6. The largest absolute Gasteiger partial charge is 0.394 e. The van der Waals surface area contributed by atoms with E-state index in [0.717, 1.165) is 38.5 Å². The minimum Gasteiger partial charge on any atom is -0.394 e. The maximum absolute atomic E-state index is 12.7. The molecule has 0 rings (SSSR count). The second-order valence-electron chi connectivity index (χ2n) is 24.2. The van der Waals surface area contributed by atoms with Gasteiger partial charge in [-0.2, -0.15) is 0 Å². The number of amides is 1. The van der Waals surface area contributed by atoms with Gasteiger partial charge in [-0.1, -0.05) is 366 Å². The third-order valence-corrected chi connectivity index (χ3v) is 16.7. The summed E-state index contributed by atoms with van der Waals surface area (Å²) in [6.07, 6.45) is 79.0. The Labute approximate surface area is 470 Å². The lowest BCUT2D eigenvalue weighted by molar-refractivity contribution is -0.132. The molecule has 6 heteroatoms. The normalized spacial score (nSPS) is 13.5. The van der Waals surface area contributed by atoms with Gasteiger partial charge in [0.15, 0.2) is 0 Å². The van der Waals surface area contributed by atoms with Gasteiger partial charge in [0.05, 0.1) is 18.8 Å². The third-order valence-electron chi connectivity index (χ3n) is 16.7. The predicted octanol–water partition coefficient (Wildman–Crippen LogP) is 21.2. The Balaban J connectivity index is 3.53. The summed E-state index contributed by atoms with van der Waals surface area (Å²) in [6, 6.07) is -0.985. The lowest BCUT2D eigenvalue weighted by atomic mass is 9.99. The number of aliphatic hydroxyl groups is 4. The van der Waals surface area contributed by atoms with Gasteiger partial charge in [0.2, 0.25) is 5.91 Å². The van der Waals surface area contributed by atoms with Gasteiger partial charge in [-0.05, 0) is 38.5 Å². The van der Waals surface area contributed by atoms with Crippen molar-refractivity contribution < 1.29 is 25.2 Å². The third kappa shape index (κ3) is 57.5. The van der Waals surface area contributed by atoms with E-state index >= 15 is 0 Å². The Kier molecular flexibility index (Phi) is 63.1. The Hall–Kier alpha value is -0.950. The van der Waals surface area contributed by atoms with Crippen LogP contribution in [0.5, 0.6) is 0 Å². The van der Waals surface area contributed by atoms with E-state index in [-0.39, 0.29) is 0 Å². The highest BCUT2D eigenvalue weighted by atomic mass is 16.3. The zero-order chi connectivity index (χ0) is 54.4. The number of nitrogens with one attached hydrogen (secondary N) is 1. The van der Waals surface area contributed by atoms with E-state index in [1.165, 1.54) is 327 Å². The van der Waals surface area contributed by atoms with Gasteiger partial charge in [0.1, 0.15) is 12.2 Å². The molecule has 6 nitrogen and oxygen atoms in total. The fraction of sp³-hybridized carbons (Fsp3) is 0.957. The fourth-order valence-corrected chi connectivity index (χ4v) is 11.3. The molecule has 5 N–H and O–H groups in total. The maximum atomic E-state index is 12.7. The second kappa shape index (κ2) is 63.9. The summed E-state index contributed by atoms with van der Waals surface area (Å²) in [5, 5.41) is 44.3. The summed E-state index contributed by atoms with van der Waals surface area (Å²) < 4.78 is 0. The highest BCUT2D eigenvalue weighted by Gasteiger charge is 2.28. The molecule has 448 valence electrons. The zero-order valence-corrected chi connectivity index (χ0v) is 51.1. The van der Waals surface area contributed by atoms with Crippen molar-refractivity contribution in [1.29, 1.82) is 0 Å². The molecular formula is C69H137NO5. The van der Waals surface area contributed by atoms with Crippen LogP contribution in [0.25, 0.3) is 0 Å². The highest BCUT2D eigenvalue weighted by Crippen LogP contribution is 2.20. The Morgan fingerprint density at radius 2 is 0.533 bits per heavy atom. The van der Waals surface area contributed by atoms with Crippen LogP contribution in [0.3, 0.4) is 0 Å². The first kappa shape index (κ1) is 74.0. The molecule has 0 saturated carbocycles. The van der Waals surface area contributed by atoms with Gasteiger partial charge in [-0.25, -0.2) is 0 Å². The van der Waals surface area contributed by atoms with Gasteiger partial charge in [-0.15, -0.1) is 0 Å². The molecule has 0 aliphatic heterocycles. The van der Waals surface area contributed by atoms with Gasteiger partial charge < -0.3 is 25.7 Å². The van der Waals surface area contributed by atoms with Crippen molar-refractivity contribution in [1.82, 2.24) is 5.32 Å². The van der Waals surface area contributed by atoms with Crippen LogP contribution in [-0.2, 0) is 4.79 Å². The van der Waals surface area contributed by atoms with Crippen molar-refractivity contribution in [2.45, 2.75) is 417 Å². The molecule has 0 aliphatic rings. The molecule has 0 spiro atoms. The van der Waals surface area contributed by atoms with Crippen molar-refractivity contribution in [3.8, 4) is 0 Å². The SMILES string of the molecule is CCCCCCCCCCCCCC/C=C\CCCCCCCCCCCCCCCC(O)C(=O)NC(CO)C(O)C(O)CCCCCCCCCCCCCCCCCCCCCCCCCCCCCCCC. The minimum absolute atomic E-state index is 0.373. The highest BCUT2D eigenvalue weighted by molar-refractivity contribution is 5.80. The van der Waals surface area contributed by atoms with Crippen molar-refractivity contribution in [3.05, 3.63) is 12.2 Å². The number of carbonyl (C=O) groups is 1. The topological polar surface area (TPSA) is 110 Å². The molecule has 4 unspecified atom stereocenters. The molecule has 75 heavy (non-hydrogen) atoms. The first-order valence-corrected chi connectivity index (χ1v) is 34.6. The summed E-state index contributed by atoms with van der Waals surface area (Å²) in [6.45, 7) is 4.11. The number of allylic oxidation sites excluding steroid dienone is 2. The monoisotopic (exact) mass is 1060 g/mol. The summed E-state index contributed by atoms with van der Waals surface area (Å²) in [5.74, 6) is -0.576. The Bertz CT molecular complexity index is 1100. The number of hydrogen-bond donors (Lipinski definition) is 5. The lowest BCUT2D eigenvalue weighted by Gasteiger charge is -2.27. The quantitative estimate of drug-likeness (QED) is 0.0308. The number of unbranched alkanes of at least 4 members (excludes halogenated alkanes) is 54. The smallest absolute Gasteiger partial charge is 0.249 e. The van der Waals surface area contributed by atoms with Crippen LogP contribution in [0.1, 0.15) is 393 Å². The molecule has 0 saturated heterocycles. The van der Waals surface area contributed by atoms with Crippen LogP contribution in [0.2, 0.25) is 0 Å². The molecular weight excluding hydrogens is 923 g/mol. The predicted molar refractivity (Wildman–Crippen MR) is 330 cm³/mol. The summed E-state index contributed by atoms with van der Waals surface area (Å²) >= 11 is 0. The Morgan fingerprint density at radius 3 is 0.773 bits per heavy atom. The average molecular weight is 1060 g/mol. The summed E-state index contributed by atoms with van der Waals surface area (Å²) in [7, 11) is 0. The molecule has 0 fully saturated rings. The van der Waals surface area contributed by atoms with Crippen molar-refractivity contribution >= 4 is 5.91 Å². The summed E-state index contributed by atoms with van der Waals surface area (Å²) in [5.41, 5.74) is 0.